The maximum atomic E-state index is 13.7. The average Bonchev–Trinajstić information content (AvgIpc) is 2.25. The summed E-state index contributed by atoms with van der Waals surface area (Å²) in [7, 11) is 0. The van der Waals surface area contributed by atoms with Gasteiger partial charge in [0.2, 0.25) is 0 Å². The molecule has 0 N–H and O–H groups in total. The number of benzene rings is 2. The molecule has 2 rings (SSSR count). The highest BCUT2D eigenvalue weighted by Gasteiger charge is 2.07. The fourth-order valence-corrected chi connectivity index (χ4v) is 1.65. The Labute approximate surface area is 93.3 Å². The van der Waals surface area contributed by atoms with Crippen molar-refractivity contribution in [2.24, 2.45) is 0 Å². The minimum absolute atomic E-state index is 0.233. The third-order valence-electron chi connectivity index (χ3n) is 2.33. The lowest BCUT2D eigenvalue weighted by Crippen LogP contribution is -1.86. The van der Waals surface area contributed by atoms with Gasteiger partial charge >= 0.3 is 0 Å². The van der Waals surface area contributed by atoms with Crippen molar-refractivity contribution in [1.29, 1.82) is 0 Å². The molecule has 0 bridgehead atoms. The zero-order valence-electron chi connectivity index (χ0n) is 8.30. The molecule has 0 heterocycles. The molecule has 0 spiro atoms. The molecule has 0 aliphatic rings. The Morgan fingerprint density at radius 3 is 2.40 bits per heavy atom. The van der Waals surface area contributed by atoms with Gasteiger partial charge < -0.3 is 0 Å². The molecular formula is C13H10ClF. The summed E-state index contributed by atoms with van der Waals surface area (Å²) in [6.07, 6.45) is 0. The summed E-state index contributed by atoms with van der Waals surface area (Å²) >= 11 is 5.97. The first kappa shape index (κ1) is 10.2. The summed E-state index contributed by atoms with van der Waals surface area (Å²) in [6, 6.07) is 12.5. The standard InChI is InChI=1S/C13H10ClF/c1-9-7-13(15)11(8-12(9)14)10-5-3-2-4-6-10/h2-8H,1H3. The van der Waals surface area contributed by atoms with Gasteiger partial charge in [0, 0.05) is 10.6 Å². The van der Waals surface area contributed by atoms with Crippen LogP contribution in [-0.4, -0.2) is 0 Å². The van der Waals surface area contributed by atoms with Crippen molar-refractivity contribution in [3.8, 4) is 11.1 Å². The number of rotatable bonds is 1. The quantitative estimate of drug-likeness (QED) is 0.666. The van der Waals surface area contributed by atoms with Crippen molar-refractivity contribution in [2.75, 3.05) is 0 Å². The SMILES string of the molecule is Cc1cc(F)c(-c2ccccc2)cc1Cl. The second-order valence-electron chi connectivity index (χ2n) is 3.45. The van der Waals surface area contributed by atoms with Gasteiger partial charge in [0.15, 0.2) is 0 Å². The Hall–Kier alpha value is -1.34. The average molecular weight is 221 g/mol. The lowest BCUT2D eigenvalue weighted by atomic mass is 10.0. The zero-order chi connectivity index (χ0) is 10.8. The zero-order valence-corrected chi connectivity index (χ0v) is 9.05. The number of aryl methyl sites for hydroxylation is 1. The molecule has 15 heavy (non-hydrogen) atoms. The molecule has 2 aromatic rings. The van der Waals surface area contributed by atoms with E-state index in [1.807, 2.05) is 30.3 Å². The summed E-state index contributed by atoms with van der Waals surface area (Å²) in [4.78, 5) is 0. The molecule has 0 aliphatic heterocycles. The highest BCUT2D eigenvalue weighted by atomic mass is 35.5. The molecule has 0 saturated carbocycles. The second kappa shape index (κ2) is 4.03. The summed E-state index contributed by atoms with van der Waals surface area (Å²) in [6.45, 7) is 1.79. The van der Waals surface area contributed by atoms with Gasteiger partial charge in [-0.05, 0) is 30.2 Å². The van der Waals surface area contributed by atoms with E-state index in [0.29, 0.717) is 10.6 Å². The first-order valence-corrected chi connectivity index (χ1v) is 5.07. The fraction of sp³-hybridized carbons (Fsp3) is 0.0769. The summed E-state index contributed by atoms with van der Waals surface area (Å²) in [5.74, 6) is -0.233. The molecule has 76 valence electrons. The van der Waals surface area contributed by atoms with Crippen molar-refractivity contribution in [2.45, 2.75) is 6.92 Å². The molecule has 0 saturated heterocycles. The van der Waals surface area contributed by atoms with E-state index in [-0.39, 0.29) is 5.82 Å². The lowest BCUT2D eigenvalue weighted by Gasteiger charge is -2.06. The molecule has 0 amide bonds. The van der Waals surface area contributed by atoms with E-state index in [4.69, 9.17) is 11.6 Å². The third-order valence-corrected chi connectivity index (χ3v) is 2.74. The largest absolute Gasteiger partial charge is 0.206 e. The minimum Gasteiger partial charge on any atom is -0.206 e. The van der Waals surface area contributed by atoms with Gasteiger partial charge in [-0.2, -0.15) is 0 Å². The first-order valence-electron chi connectivity index (χ1n) is 4.69. The molecule has 2 aromatic carbocycles. The van der Waals surface area contributed by atoms with Crippen molar-refractivity contribution in [3.05, 3.63) is 58.9 Å². The van der Waals surface area contributed by atoms with Crippen LogP contribution in [0.4, 0.5) is 4.39 Å². The van der Waals surface area contributed by atoms with Crippen LogP contribution in [0.3, 0.4) is 0 Å². The molecule has 0 aliphatic carbocycles. The second-order valence-corrected chi connectivity index (χ2v) is 3.85. The van der Waals surface area contributed by atoms with E-state index in [2.05, 4.69) is 0 Å². The Morgan fingerprint density at radius 2 is 1.73 bits per heavy atom. The smallest absolute Gasteiger partial charge is 0.131 e. The Kier molecular flexibility index (Phi) is 2.74. The Bertz CT molecular complexity index is 477. The summed E-state index contributed by atoms with van der Waals surface area (Å²) < 4.78 is 13.7. The minimum atomic E-state index is -0.233. The predicted molar refractivity (Wildman–Crippen MR) is 61.6 cm³/mol. The lowest BCUT2D eigenvalue weighted by molar-refractivity contribution is 0.630. The summed E-state index contributed by atoms with van der Waals surface area (Å²) in [5, 5.41) is 0.593. The van der Waals surface area contributed by atoms with E-state index in [1.165, 1.54) is 6.07 Å². The molecule has 0 atom stereocenters. The van der Waals surface area contributed by atoms with Crippen LogP contribution in [0, 0.1) is 12.7 Å². The molecule has 0 unspecified atom stereocenters. The van der Waals surface area contributed by atoms with Crippen LogP contribution >= 0.6 is 11.6 Å². The van der Waals surface area contributed by atoms with Gasteiger partial charge in [-0.15, -0.1) is 0 Å². The highest BCUT2D eigenvalue weighted by molar-refractivity contribution is 6.31. The predicted octanol–water partition coefficient (Wildman–Crippen LogP) is 4.45. The molecular weight excluding hydrogens is 211 g/mol. The topological polar surface area (TPSA) is 0 Å². The van der Waals surface area contributed by atoms with E-state index in [1.54, 1.807) is 13.0 Å². The normalized spacial score (nSPS) is 10.3. The van der Waals surface area contributed by atoms with Crippen molar-refractivity contribution >= 4 is 11.6 Å². The van der Waals surface area contributed by atoms with E-state index in [9.17, 15) is 4.39 Å². The van der Waals surface area contributed by atoms with Crippen molar-refractivity contribution in [1.82, 2.24) is 0 Å². The maximum absolute atomic E-state index is 13.7. The first-order chi connectivity index (χ1) is 7.18. The van der Waals surface area contributed by atoms with Crippen LogP contribution in [0.5, 0.6) is 0 Å². The van der Waals surface area contributed by atoms with Crippen molar-refractivity contribution < 1.29 is 4.39 Å². The number of hydrogen-bond donors (Lipinski definition) is 0. The fourth-order valence-electron chi connectivity index (χ4n) is 1.49. The number of hydrogen-bond acceptors (Lipinski definition) is 0. The van der Waals surface area contributed by atoms with Gasteiger partial charge in [0.25, 0.3) is 0 Å². The van der Waals surface area contributed by atoms with Gasteiger partial charge in [0.05, 0.1) is 0 Å². The maximum Gasteiger partial charge on any atom is 0.131 e. The van der Waals surface area contributed by atoms with Gasteiger partial charge in [-0.25, -0.2) is 4.39 Å². The molecule has 0 radical (unpaired) electrons. The highest BCUT2D eigenvalue weighted by Crippen LogP contribution is 2.28. The van der Waals surface area contributed by atoms with Crippen LogP contribution in [0.2, 0.25) is 5.02 Å². The van der Waals surface area contributed by atoms with Gasteiger partial charge in [-0.1, -0.05) is 41.9 Å². The molecule has 0 aromatic heterocycles. The van der Waals surface area contributed by atoms with Crippen LogP contribution in [0.25, 0.3) is 11.1 Å². The monoisotopic (exact) mass is 220 g/mol. The van der Waals surface area contributed by atoms with E-state index in [0.717, 1.165) is 11.1 Å². The molecule has 0 fully saturated rings. The Balaban J connectivity index is 2.59. The van der Waals surface area contributed by atoms with E-state index < -0.39 is 0 Å². The summed E-state index contributed by atoms with van der Waals surface area (Å²) in [5.41, 5.74) is 2.15. The van der Waals surface area contributed by atoms with Gasteiger partial charge in [-0.3, -0.25) is 0 Å². The number of halogens is 2. The Morgan fingerprint density at radius 1 is 1.07 bits per heavy atom. The van der Waals surface area contributed by atoms with Gasteiger partial charge in [0.1, 0.15) is 5.82 Å². The van der Waals surface area contributed by atoms with Crippen molar-refractivity contribution in [3.63, 3.8) is 0 Å². The van der Waals surface area contributed by atoms with Crippen LogP contribution < -0.4 is 0 Å². The van der Waals surface area contributed by atoms with Crippen LogP contribution in [0.1, 0.15) is 5.56 Å². The van der Waals surface area contributed by atoms with E-state index >= 15 is 0 Å². The van der Waals surface area contributed by atoms with Crippen LogP contribution in [0.15, 0.2) is 42.5 Å². The van der Waals surface area contributed by atoms with Crippen LogP contribution in [-0.2, 0) is 0 Å². The molecule has 2 heteroatoms. The molecule has 0 nitrogen and oxygen atoms in total. The third kappa shape index (κ3) is 2.02.